The summed E-state index contributed by atoms with van der Waals surface area (Å²) in [7, 11) is 0. The highest BCUT2D eigenvalue weighted by Crippen LogP contribution is 2.35. The third-order valence-electron chi connectivity index (χ3n) is 3.26. The quantitative estimate of drug-likeness (QED) is 0.851. The second-order valence-corrected chi connectivity index (χ2v) is 4.81. The number of rotatable bonds is 3. The van der Waals surface area contributed by atoms with E-state index in [-0.39, 0.29) is 12.1 Å². The number of nitrogens with one attached hydrogen (secondary N) is 1. The maximum Gasteiger partial charge on any atom is 0.171 e. The van der Waals surface area contributed by atoms with Crippen LogP contribution < -0.4 is 5.32 Å². The Morgan fingerprint density at radius 3 is 2.44 bits per heavy atom. The normalized spacial score (nSPS) is 18.0. The lowest BCUT2D eigenvalue weighted by Crippen LogP contribution is -2.48. The lowest BCUT2D eigenvalue weighted by molar-refractivity contribution is 0.144. The first-order valence-corrected chi connectivity index (χ1v) is 5.84. The van der Waals surface area contributed by atoms with Crippen molar-refractivity contribution in [3.8, 4) is 0 Å². The van der Waals surface area contributed by atoms with Crippen LogP contribution in [0.25, 0.3) is 0 Å². The van der Waals surface area contributed by atoms with Crippen molar-refractivity contribution in [1.82, 2.24) is 9.97 Å². The fourth-order valence-corrected chi connectivity index (χ4v) is 2.05. The molecule has 1 saturated carbocycles. The molecule has 2 N–H and O–H groups in total. The zero-order chi connectivity index (χ0) is 11.8. The van der Waals surface area contributed by atoms with Crippen LogP contribution in [-0.4, -0.2) is 27.2 Å². The van der Waals surface area contributed by atoms with E-state index in [1.165, 1.54) is 0 Å². The van der Waals surface area contributed by atoms with Gasteiger partial charge in [0.1, 0.15) is 0 Å². The van der Waals surface area contributed by atoms with Crippen LogP contribution in [0.4, 0.5) is 5.82 Å². The van der Waals surface area contributed by atoms with Crippen molar-refractivity contribution in [3.05, 3.63) is 16.5 Å². The molecule has 5 heteroatoms. The van der Waals surface area contributed by atoms with E-state index >= 15 is 0 Å². The van der Waals surface area contributed by atoms with E-state index in [0.717, 1.165) is 30.7 Å². The van der Waals surface area contributed by atoms with Crippen LogP contribution >= 0.6 is 11.6 Å². The third kappa shape index (κ3) is 1.99. The van der Waals surface area contributed by atoms with Crippen LogP contribution in [0.3, 0.4) is 0 Å². The van der Waals surface area contributed by atoms with Gasteiger partial charge in [0.2, 0.25) is 0 Å². The molecule has 1 aliphatic carbocycles. The molecule has 0 amide bonds. The average molecular weight is 242 g/mol. The van der Waals surface area contributed by atoms with Gasteiger partial charge in [-0.05, 0) is 33.1 Å². The monoisotopic (exact) mass is 241 g/mol. The molecule has 0 saturated heterocycles. The van der Waals surface area contributed by atoms with Crippen molar-refractivity contribution in [2.24, 2.45) is 0 Å². The standard InChI is InChI=1S/C11H16ClN3O/c1-7-8(2)14-10(9(12)13-7)15-11(6-16)4-3-5-11/h16H,3-6H2,1-2H3,(H,14,15). The molecule has 88 valence electrons. The maximum absolute atomic E-state index is 9.36. The van der Waals surface area contributed by atoms with E-state index in [4.69, 9.17) is 11.6 Å². The SMILES string of the molecule is Cc1nc(Cl)c(NC2(CO)CCC2)nc1C. The number of aliphatic hydroxyl groups excluding tert-OH is 1. The van der Waals surface area contributed by atoms with Gasteiger partial charge in [0, 0.05) is 0 Å². The summed E-state index contributed by atoms with van der Waals surface area (Å²) in [5, 5.41) is 13.0. The fourth-order valence-electron chi connectivity index (χ4n) is 1.83. The minimum absolute atomic E-state index is 0.109. The molecule has 4 nitrogen and oxygen atoms in total. The first kappa shape index (κ1) is 11.6. The molecule has 2 rings (SSSR count). The first-order chi connectivity index (χ1) is 7.56. The molecule has 16 heavy (non-hydrogen) atoms. The van der Waals surface area contributed by atoms with Crippen LogP contribution in [0.1, 0.15) is 30.7 Å². The predicted molar refractivity (Wildman–Crippen MR) is 63.8 cm³/mol. The number of anilines is 1. The Morgan fingerprint density at radius 2 is 1.94 bits per heavy atom. The molecule has 0 aliphatic heterocycles. The molecule has 1 aromatic rings. The number of halogens is 1. The van der Waals surface area contributed by atoms with Crippen molar-refractivity contribution in [1.29, 1.82) is 0 Å². The second kappa shape index (κ2) is 4.18. The summed E-state index contributed by atoms with van der Waals surface area (Å²) in [6.07, 6.45) is 3.03. The Hall–Kier alpha value is -0.870. The van der Waals surface area contributed by atoms with Gasteiger partial charge in [0.05, 0.1) is 23.5 Å². The van der Waals surface area contributed by atoms with Crippen molar-refractivity contribution >= 4 is 17.4 Å². The number of aryl methyl sites for hydroxylation is 2. The third-order valence-corrected chi connectivity index (χ3v) is 3.52. The summed E-state index contributed by atoms with van der Waals surface area (Å²) >= 11 is 6.03. The van der Waals surface area contributed by atoms with Crippen LogP contribution in [0.5, 0.6) is 0 Å². The summed E-state index contributed by atoms with van der Waals surface area (Å²) in [6, 6.07) is 0. The summed E-state index contributed by atoms with van der Waals surface area (Å²) in [6.45, 7) is 3.89. The minimum Gasteiger partial charge on any atom is -0.394 e. The van der Waals surface area contributed by atoms with Gasteiger partial charge in [0.15, 0.2) is 11.0 Å². The lowest BCUT2D eigenvalue weighted by atomic mass is 9.77. The molecule has 0 atom stereocenters. The van der Waals surface area contributed by atoms with Crippen molar-refractivity contribution in [2.75, 3.05) is 11.9 Å². The highest BCUT2D eigenvalue weighted by Gasteiger charge is 2.37. The van der Waals surface area contributed by atoms with Gasteiger partial charge in [-0.15, -0.1) is 0 Å². The molecule has 0 spiro atoms. The maximum atomic E-state index is 9.36. The van der Waals surface area contributed by atoms with E-state index in [1.54, 1.807) is 0 Å². The zero-order valence-corrected chi connectivity index (χ0v) is 10.3. The van der Waals surface area contributed by atoms with Gasteiger partial charge in [-0.1, -0.05) is 11.6 Å². The summed E-state index contributed by atoms with van der Waals surface area (Å²) < 4.78 is 0. The van der Waals surface area contributed by atoms with Gasteiger partial charge in [-0.3, -0.25) is 0 Å². The van der Waals surface area contributed by atoms with Crippen molar-refractivity contribution in [2.45, 2.75) is 38.6 Å². The Morgan fingerprint density at radius 1 is 1.31 bits per heavy atom. The fraction of sp³-hybridized carbons (Fsp3) is 0.636. The van der Waals surface area contributed by atoms with Gasteiger partial charge in [-0.2, -0.15) is 0 Å². The number of aliphatic hydroxyl groups is 1. The molecule has 1 aliphatic rings. The molecule has 0 unspecified atom stereocenters. The number of hydrogen-bond acceptors (Lipinski definition) is 4. The molecule has 0 radical (unpaired) electrons. The smallest absolute Gasteiger partial charge is 0.171 e. The molecule has 0 aromatic carbocycles. The number of nitrogens with zero attached hydrogens (tertiary/aromatic N) is 2. The van der Waals surface area contributed by atoms with E-state index in [0.29, 0.717) is 11.0 Å². The highest BCUT2D eigenvalue weighted by molar-refractivity contribution is 6.31. The van der Waals surface area contributed by atoms with Gasteiger partial charge in [0.25, 0.3) is 0 Å². The Labute approximate surface area is 100 Å². The Bertz CT molecular complexity index is 399. The van der Waals surface area contributed by atoms with E-state index in [2.05, 4.69) is 15.3 Å². The molecule has 0 bridgehead atoms. The van der Waals surface area contributed by atoms with E-state index in [9.17, 15) is 5.11 Å². The number of aromatic nitrogens is 2. The van der Waals surface area contributed by atoms with Crippen LogP contribution in [0.15, 0.2) is 0 Å². The predicted octanol–water partition coefficient (Wildman–Crippen LogP) is 2.07. The van der Waals surface area contributed by atoms with E-state index < -0.39 is 0 Å². The Kier molecular flexibility index (Phi) is 3.04. The van der Waals surface area contributed by atoms with Crippen molar-refractivity contribution < 1.29 is 5.11 Å². The topological polar surface area (TPSA) is 58.0 Å². The second-order valence-electron chi connectivity index (χ2n) is 4.45. The molecule has 1 heterocycles. The van der Waals surface area contributed by atoms with Gasteiger partial charge < -0.3 is 10.4 Å². The molecule has 1 aromatic heterocycles. The van der Waals surface area contributed by atoms with Crippen LogP contribution in [-0.2, 0) is 0 Å². The summed E-state index contributed by atoms with van der Waals surface area (Å²) in [5.41, 5.74) is 1.46. The highest BCUT2D eigenvalue weighted by atomic mass is 35.5. The largest absolute Gasteiger partial charge is 0.394 e. The molecule has 1 fully saturated rings. The van der Waals surface area contributed by atoms with Gasteiger partial charge in [-0.25, -0.2) is 9.97 Å². The molecular weight excluding hydrogens is 226 g/mol. The number of hydrogen-bond donors (Lipinski definition) is 2. The lowest BCUT2D eigenvalue weighted by Gasteiger charge is -2.41. The summed E-state index contributed by atoms with van der Waals surface area (Å²) in [5.74, 6) is 0.582. The Balaban J connectivity index is 2.24. The van der Waals surface area contributed by atoms with Crippen molar-refractivity contribution in [3.63, 3.8) is 0 Å². The minimum atomic E-state index is -0.236. The van der Waals surface area contributed by atoms with Gasteiger partial charge >= 0.3 is 0 Å². The van der Waals surface area contributed by atoms with E-state index in [1.807, 2.05) is 13.8 Å². The van der Waals surface area contributed by atoms with Crippen LogP contribution in [0.2, 0.25) is 5.15 Å². The molecular formula is C11H16ClN3O. The van der Waals surface area contributed by atoms with Crippen LogP contribution in [0, 0.1) is 13.8 Å². The first-order valence-electron chi connectivity index (χ1n) is 5.46. The average Bonchev–Trinajstić information content (AvgIpc) is 2.19. The summed E-state index contributed by atoms with van der Waals surface area (Å²) in [4.78, 5) is 8.58. The zero-order valence-electron chi connectivity index (χ0n) is 9.55.